The third-order valence-electron chi connectivity index (χ3n) is 4.79. The average Bonchev–Trinajstić information content (AvgIpc) is 3.30. The van der Waals surface area contributed by atoms with E-state index in [0.717, 1.165) is 25.1 Å². The van der Waals surface area contributed by atoms with E-state index < -0.39 is 5.91 Å². The molecule has 0 bridgehead atoms. The second-order valence-electron chi connectivity index (χ2n) is 6.89. The number of primary amides is 1. The third-order valence-corrected chi connectivity index (χ3v) is 5.76. The van der Waals surface area contributed by atoms with Crippen LogP contribution < -0.4 is 11.1 Å². The lowest BCUT2D eigenvalue weighted by Crippen LogP contribution is -2.41. The van der Waals surface area contributed by atoms with Gasteiger partial charge in [0.15, 0.2) is 5.16 Å². The van der Waals surface area contributed by atoms with Crippen molar-refractivity contribution < 1.29 is 9.59 Å². The minimum atomic E-state index is -0.418. The number of nitrogens with two attached hydrogens (primary N) is 1. The van der Waals surface area contributed by atoms with Crippen LogP contribution in [0.5, 0.6) is 0 Å². The second-order valence-corrected chi connectivity index (χ2v) is 7.83. The van der Waals surface area contributed by atoms with Crippen LogP contribution in [-0.4, -0.2) is 38.4 Å². The number of carbonyl (C=O) groups is 2. The predicted molar refractivity (Wildman–Crippen MR) is 91.5 cm³/mol. The van der Waals surface area contributed by atoms with Crippen molar-refractivity contribution >= 4 is 23.6 Å². The van der Waals surface area contributed by atoms with Gasteiger partial charge in [0.2, 0.25) is 11.8 Å². The summed E-state index contributed by atoms with van der Waals surface area (Å²) in [5, 5.41) is 12.1. The van der Waals surface area contributed by atoms with E-state index in [4.69, 9.17) is 5.73 Å². The Labute approximate surface area is 146 Å². The highest BCUT2D eigenvalue weighted by Crippen LogP contribution is 2.40. The third kappa shape index (κ3) is 4.28. The number of carbonyl (C=O) groups excluding carboxylic acids is 2. The fraction of sp³-hybridized carbons (Fsp3) is 0.750. The van der Waals surface area contributed by atoms with Gasteiger partial charge in [-0.3, -0.25) is 14.2 Å². The van der Waals surface area contributed by atoms with Crippen molar-refractivity contribution in [3.63, 3.8) is 0 Å². The molecule has 0 aromatic carbocycles. The van der Waals surface area contributed by atoms with E-state index in [0.29, 0.717) is 17.0 Å². The molecular formula is C16H25N5O2S. The summed E-state index contributed by atoms with van der Waals surface area (Å²) in [6, 6.07) is 0.275. The van der Waals surface area contributed by atoms with E-state index >= 15 is 0 Å². The van der Waals surface area contributed by atoms with E-state index in [1.54, 1.807) is 4.57 Å². The van der Waals surface area contributed by atoms with Crippen molar-refractivity contribution in [2.24, 2.45) is 11.7 Å². The van der Waals surface area contributed by atoms with Gasteiger partial charge in [-0.25, -0.2) is 0 Å². The van der Waals surface area contributed by atoms with Crippen LogP contribution in [0.3, 0.4) is 0 Å². The zero-order chi connectivity index (χ0) is 17.1. The van der Waals surface area contributed by atoms with Crippen LogP contribution in [0.25, 0.3) is 0 Å². The average molecular weight is 351 g/mol. The first kappa shape index (κ1) is 17.3. The SMILES string of the molecule is C[C@H]1CCCC[C@H]1NC(=O)CSc1nnc(C2CC2)n1CC(N)=O. The molecule has 1 aromatic rings. The summed E-state index contributed by atoms with van der Waals surface area (Å²) in [5.74, 6) is 1.61. The van der Waals surface area contributed by atoms with E-state index in [1.807, 2.05) is 0 Å². The van der Waals surface area contributed by atoms with Gasteiger partial charge in [0.1, 0.15) is 12.4 Å². The number of nitrogens with zero attached hydrogens (tertiary/aromatic N) is 3. The predicted octanol–water partition coefficient (Wildman–Crippen LogP) is 1.43. The molecule has 2 atom stereocenters. The second kappa shape index (κ2) is 7.55. The van der Waals surface area contributed by atoms with Crippen molar-refractivity contribution in [2.75, 3.05) is 5.75 Å². The first-order valence-corrected chi connectivity index (χ1v) is 9.66. The minimum absolute atomic E-state index is 0.0142. The fourth-order valence-electron chi connectivity index (χ4n) is 3.26. The van der Waals surface area contributed by atoms with Gasteiger partial charge >= 0.3 is 0 Å². The van der Waals surface area contributed by atoms with Crippen molar-refractivity contribution in [1.82, 2.24) is 20.1 Å². The van der Waals surface area contributed by atoms with Gasteiger partial charge in [-0.05, 0) is 31.6 Å². The maximum absolute atomic E-state index is 12.2. The van der Waals surface area contributed by atoms with Gasteiger partial charge in [0, 0.05) is 12.0 Å². The van der Waals surface area contributed by atoms with E-state index in [2.05, 4.69) is 22.4 Å². The quantitative estimate of drug-likeness (QED) is 0.723. The first-order chi connectivity index (χ1) is 11.5. The minimum Gasteiger partial charge on any atom is -0.368 e. The Hall–Kier alpha value is -1.57. The van der Waals surface area contributed by atoms with E-state index in [9.17, 15) is 9.59 Å². The molecule has 0 aliphatic heterocycles. The molecule has 3 rings (SSSR count). The molecule has 0 saturated heterocycles. The Morgan fingerprint density at radius 1 is 1.25 bits per heavy atom. The molecule has 2 fully saturated rings. The molecule has 0 radical (unpaired) electrons. The molecule has 2 saturated carbocycles. The topological polar surface area (TPSA) is 103 Å². The standard InChI is InChI=1S/C16H25N5O2S/c1-10-4-2-3-5-12(10)18-14(23)9-24-16-20-19-15(11-6-7-11)21(16)8-13(17)22/h10-12H,2-9H2,1H3,(H2,17,22)(H,18,23)/t10-,12+/m0/s1. The van der Waals surface area contributed by atoms with Crippen LogP contribution in [0.4, 0.5) is 0 Å². The fourth-order valence-corrected chi connectivity index (χ4v) is 4.02. The summed E-state index contributed by atoms with van der Waals surface area (Å²) in [5.41, 5.74) is 5.33. The maximum atomic E-state index is 12.2. The van der Waals surface area contributed by atoms with Crippen molar-refractivity contribution in [3.8, 4) is 0 Å². The molecule has 2 aliphatic rings. The monoisotopic (exact) mass is 351 g/mol. The summed E-state index contributed by atoms with van der Waals surface area (Å²) in [6.45, 7) is 2.27. The number of aromatic nitrogens is 3. The summed E-state index contributed by atoms with van der Waals surface area (Å²) in [7, 11) is 0. The molecule has 8 heteroatoms. The number of rotatable bonds is 7. The Morgan fingerprint density at radius 3 is 2.67 bits per heavy atom. The van der Waals surface area contributed by atoms with Crippen molar-refractivity contribution in [2.45, 2.75) is 69.1 Å². The zero-order valence-corrected chi connectivity index (χ0v) is 14.8. The molecule has 0 unspecified atom stereocenters. The Bertz CT molecular complexity index is 614. The molecule has 24 heavy (non-hydrogen) atoms. The molecular weight excluding hydrogens is 326 g/mol. The van der Waals surface area contributed by atoms with Gasteiger partial charge in [-0.2, -0.15) is 0 Å². The van der Waals surface area contributed by atoms with Crippen LogP contribution in [0, 0.1) is 5.92 Å². The Kier molecular flexibility index (Phi) is 5.43. The van der Waals surface area contributed by atoms with Gasteiger partial charge in [-0.1, -0.05) is 31.5 Å². The van der Waals surface area contributed by atoms with Crippen LogP contribution in [-0.2, 0) is 16.1 Å². The van der Waals surface area contributed by atoms with Crippen molar-refractivity contribution in [3.05, 3.63) is 5.82 Å². The number of hydrogen-bond donors (Lipinski definition) is 2. The summed E-state index contributed by atoms with van der Waals surface area (Å²) in [4.78, 5) is 23.5. The van der Waals surface area contributed by atoms with Crippen molar-refractivity contribution in [1.29, 1.82) is 0 Å². The summed E-state index contributed by atoms with van der Waals surface area (Å²) >= 11 is 1.32. The molecule has 2 amide bonds. The van der Waals surface area contributed by atoms with Gasteiger partial charge in [-0.15, -0.1) is 10.2 Å². The number of amides is 2. The summed E-state index contributed by atoms with van der Waals surface area (Å²) in [6.07, 6.45) is 6.81. The molecule has 1 heterocycles. The highest BCUT2D eigenvalue weighted by Gasteiger charge is 2.31. The van der Waals surface area contributed by atoms with E-state index in [1.165, 1.54) is 31.0 Å². The van der Waals surface area contributed by atoms with Gasteiger partial charge in [0.05, 0.1) is 5.75 Å². The lowest BCUT2D eigenvalue weighted by Gasteiger charge is -2.29. The van der Waals surface area contributed by atoms with Gasteiger partial charge in [0.25, 0.3) is 0 Å². The maximum Gasteiger partial charge on any atom is 0.237 e. The normalized spacial score (nSPS) is 23.9. The van der Waals surface area contributed by atoms with Crippen LogP contribution in [0.2, 0.25) is 0 Å². The lowest BCUT2D eigenvalue weighted by atomic mass is 9.86. The molecule has 7 nitrogen and oxygen atoms in total. The van der Waals surface area contributed by atoms with Crippen LogP contribution in [0.15, 0.2) is 5.16 Å². The Balaban J connectivity index is 1.57. The molecule has 2 aliphatic carbocycles. The lowest BCUT2D eigenvalue weighted by molar-refractivity contribution is -0.120. The molecule has 3 N–H and O–H groups in total. The first-order valence-electron chi connectivity index (χ1n) is 8.68. The van der Waals surface area contributed by atoms with Crippen LogP contribution in [0.1, 0.15) is 57.2 Å². The number of thioether (sulfide) groups is 1. The number of nitrogens with one attached hydrogen (secondary N) is 1. The van der Waals surface area contributed by atoms with Crippen LogP contribution >= 0.6 is 11.8 Å². The zero-order valence-electron chi connectivity index (χ0n) is 14.0. The van der Waals surface area contributed by atoms with Gasteiger partial charge < -0.3 is 11.1 Å². The molecule has 1 aromatic heterocycles. The number of hydrogen-bond acceptors (Lipinski definition) is 5. The smallest absolute Gasteiger partial charge is 0.237 e. The highest BCUT2D eigenvalue weighted by molar-refractivity contribution is 7.99. The molecule has 0 spiro atoms. The van der Waals surface area contributed by atoms with E-state index in [-0.39, 0.29) is 24.2 Å². The Morgan fingerprint density at radius 2 is 2.00 bits per heavy atom. The highest BCUT2D eigenvalue weighted by atomic mass is 32.2. The molecule has 132 valence electrons. The summed E-state index contributed by atoms with van der Waals surface area (Å²) < 4.78 is 1.77. The largest absolute Gasteiger partial charge is 0.368 e.